The summed E-state index contributed by atoms with van der Waals surface area (Å²) < 4.78 is 35.7. The zero-order valence-corrected chi connectivity index (χ0v) is 15.6. The number of carbonyl (C=O) groups excluding carboxylic acids is 1. The van der Waals surface area contributed by atoms with Crippen LogP contribution in [0, 0.1) is 5.82 Å². The normalized spacial score (nSPS) is 11.7. The first-order valence-electron chi connectivity index (χ1n) is 7.98. The van der Waals surface area contributed by atoms with Crippen LogP contribution in [0.1, 0.15) is 29.8 Å². The van der Waals surface area contributed by atoms with E-state index in [2.05, 4.69) is 15.3 Å². The average Bonchev–Trinajstić information content (AvgIpc) is 2.62. The van der Waals surface area contributed by atoms with Gasteiger partial charge >= 0.3 is 11.1 Å². The summed E-state index contributed by atoms with van der Waals surface area (Å²) in [6.45, 7) is 4.22. The average molecular weight is 381 g/mol. The van der Waals surface area contributed by atoms with Crippen LogP contribution in [0.25, 0.3) is 0 Å². The van der Waals surface area contributed by atoms with Crippen LogP contribution in [0.15, 0.2) is 29.6 Å². The van der Waals surface area contributed by atoms with Gasteiger partial charge in [-0.1, -0.05) is 6.07 Å². The van der Waals surface area contributed by atoms with E-state index in [9.17, 15) is 13.7 Å². The van der Waals surface area contributed by atoms with Crippen molar-refractivity contribution in [1.82, 2.24) is 9.97 Å². The molecule has 2 aromatic rings. The molecule has 0 spiro atoms. The van der Waals surface area contributed by atoms with Crippen LogP contribution >= 0.6 is 0 Å². The molecule has 7 nitrogen and oxygen atoms in total. The van der Waals surface area contributed by atoms with Crippen molar-refractivity contribution >= 4 is 23.0 Å². The summed E-state index contributed by atoms with van der Waals surface area (Å²) in [6.07, 6.45) is 2.70. The van der Waals surface area contributed by atoms with Crippen LogP contribution in [0.3, 0.4) is 0 Å². The van der Waals surface area contributed by atoms with Crippen molar-refractivity contribution in [3.63, 3.8) is 0 Å². The van der Waals surface area contributed by atoms with Crippen LogP contribution in [-0.4, -0.2) is 40.0 Å². The van der Waals surface area contributed by atoms with Gasteiger partial charge in [-0.05, 0) is 31.5 Å². The lowest BCUT2D eigenvalue weighted by Gasteiger charge is -2.12. The Balaban J connectivity index is 2.22. The van der Waals surface area contributed by atoms with Gasteiger partial charge in [-0.3, -0.25) is 0 Å². The van der Waals surface area contributed by atoms with Crippen LogP contribution in [0.5, 0.6) is 5.75 Å². The van der Waals surface area contributed by atoms with E-state index >= 15 is 0 Å². The van der Waals surface area contributed by atoms with Crippen molar-refractivity contribution in [2.24, 2.45) is 0 Å². The van der Waals surface area contributed by atoms with E-state index in [1.165, 1.54) is 24.6 Å². The molecular weight excluding hydrogens is 361 g/mol. The van der Waals surface area contributed by atoms with Crippen LogP contribution in [0.4, 0.5) is 10.2 Å². The Morgan fingerprint density at radius 1 is 1.35 bits per heavy atom. The van der Waals surface area contributed by atoms with E-state index in [4.69, 9.17) is 9.47 Å². The first kappa shape index (κ1) is 19.9. The molecule has 2 rings (SSSR count). The molecule has 1 aromatic heterocycles. The quantitative estimate of drug-likeness (QED) is 0.426. The van der Waals surface area contributed by atoms with E-state index in [-0.39, 0.29) is 35.4 Å². The number of hydrogen-bond donors (Lipinski definition) is 1. The number of esters is 1. The summed E-state index contributed by atoms with van der Waals surface area (Å²) in [7, 11) is 0. The van der Waals surface area contributed by atoms with Crippen molar-refractivity contribution < 1.29 is 23.2 Å². The van der Waals surface area contributed by atoms with Crippen molar-refractivity contribution in [2.45, 2.75) is 25.5 Å². The lowest BCUT2D eigenvalue weighted by atomic mass is 10.2. The fourth-order valence-electron chi connectivity index (χ4n) is 2.11. The highest BCUT2D eigenvalue weighted by Crippen LogP contribution is 2.20. The fourth-order valence-corrected chi connectivity index (χ4v) is 2.53. The molecule has 1 N–H and O–H groups in total. The first-order valence-corrected chi connectivity index (χ1v) is 9.54. The molecule has 0 amide bonds. The Morgan fingerprint density at radius 2 is 2.12 bits per heavy atom. The molecule has 140 valence electrons. The summed E-state index contributed by atoms with van der Waals surface area (Å²) in [4.78, 5) is 20.1. The fraction of sp³-hybridized carbons (Fsp3) is 0.353. The number of anilines is 1. The number of ether oxygens (including phenoxy) is 2. The Bertz CT molecular complexity index is 774. The monoisotopic (exact) mass is 381 g/mol. The first-order chi connectivity index (χ1) is 12.5. The zero-order valence-electron chi connectivity index (χ0n) is 14.7. The lowest BCUT2D eigenvalue weighted by Crippen LogP contribution is -2.15. The highest BCUT2D eigenvalue weighted by Gasteiger charge is 2.19. The van der Waals surface area contributed by atoms with Crippen LogP contribution < -0.4 is 10.1 Å². The maximum Gasteiger partial charge on any atom is 0.344 e. The Hall–Kier alpha value is -2.39. The van der Waals surface area contributed by atoms with Gasteiger partial charge in [0.1, 0.15) is 17.6 Å². The van der Waals surface area contributed by atoms with Gasteiger partial charge in [0.15, 0.2) is 11.6 Å². The molecule has 0 aliphatic carbocycles. The topological polar surface area (TPSA) is 96.4 Å². The van der Waals surface area contributed by atoms with Gasteiger partial charge in [0.05, 0.1) is 19.4 Å². The van der Waals surface area contributed by atoms with E-state index in [0.29, 0.717) is 12.2 Å². The number of nitrogens with one attached hydrogen (secondary N) is 1. The standard InChI is InChI=1S/C17H20FN3O4S/c1-4-24-14-7-6-11(8-13(14)18)9-19-15-12(16(22)25-5-2)10-20-17(21-15)26(3)23/h6-8,10H,4-5,9H2,1-3H3,(H,19,20,21). The Morgan fingerprint density at radius 3 is 2.73 bits per heavy atom. The minimum Gasteiger partial charge on any atom is -0.609 e. The van der Waals surface area contributed by atoms with Gasteiger partial charge in [0.25, 0.3) is 0 Å². The van der Waals surface area contributed by atoms with Gasteiger partial charge < -0.3 is 19.3 Å². The predicted octanol–water partition coefficient (Wildman–Crippen LogP) is 2.54. The minimum atomic E-state index is -1.41. The Kier molecular flexibility index (Phi) is 7.16. The van der Waals surface area contributed by atoms with Gasteiger partial charge in [-0.15, -0.1) is 0 Å². The molecule has 1 atom stereocenters. The maximum atomic E-state index is 13.9. The summed E-state index contributed by atoms with van der Waals surface area (Å²) in [5, 5.41) is 3.03. The third-order valence-corrected chi connectivity index (χ3v) is 3.99. The van der Waals surface area contributed by atoms with Gasteiger partial charge in [0, 0.05) is 17.7 Å². The minimum absolute atomic E-state index is 0.0819. The molecule has 0 bridgehead atoms. The molecule has 1 unspecified atom stereocenters. The Labute approximate surface area is 154 Å². The van der Waals surface area contributed by atoms with Crippen LogP contribution in [0.2, 0.25) is 0 Å². The van der Waals surface area contributed by atoms with Crippen molar-refractivity contribution in [3.8, 4) is 5.75 Å². The van der Waals surface area contributed by atoms with Gasteiger partial charge in [-0.2, -0.15) is 9.97 Å². The highest BCUT2D eigenvalue weighted by atomic mass is 32.2. The molecule has 0 saturated heterocycles. The third-order valence-electron chi connectivity index (χ3n) is 3.28. The molecule has 26 heavy (non-hydrogen) atoms. The van der Waals surface area contributed by atoms with Crippen molar-refractivity contribution in [1.29, 1.82) is 0 Å². The molecule has 0 aliphatic heterocycles. The smallest absolute Gasteiger partial charge is 0.344 e. The third kappa shape index (κ3) is 5.06. The largest absolute Gasteiger partial charge is 0.609 e. The number of carbonyl (C=O) groups is 1. The second-order valence-electron chi connectivity index (χ2n) is 5.14. The maximum absolute atomic E-state index is 13.9. The SMILES string of the molecule is CCOC(=O)c1cnc([S+](C)[O-])nc1NCc1ccc(OCC)c(F)c1. The predicted molar refractivity (Wildman–Crippen MR) is 95.2 cm³/mol. The number of halogens is 1. The van der Waals surface area contributed by atoms with Crippen LogP contribution in [-0.2, 0) is 22.5 Å². The molecule has 0 saturated carbocycles. The molecule has 0 radical (unpaired) electrons. The number of hydrogen-bond acceptors (Lipinski definition) is 7. The highest BCUT2D eigenvalue weighted by molar-refractivity contribution is 7.90. The summed E-state index contributed by atoms with van der Waals surface area (Å²) >= 11 is -1.41. The summed E-state index contributed by atoms with van der Waals surface area (Å²) in [5.41, 5.74) is 0.742. The molecule has 0 aliphatic rings. The van der Waals surface area contributed by atoms with Crippen molar-refractivity contribution in [3.05, 3.63) is 41.3 Å². The molecule has 0 fully saturated rings. The van der Waals surface area contributed by atoms with Crippen molar-refractivity contribution in [2.75, 3.05) is 24.8 Å². The second kappa shape index (κ2) is 9.35. The van der Waals surface area contributed by atoms with E-state index in [1.54, 1.807) is 19.9 Å². The molecular formula is C17H20FN3O4S. The number of aromatic nitrogens is 2. The van der Waals surface area contributed by atoms with E-state index in [1.807, 2.05) is 0 Å². The zero-order chi connectivity index (χ0) is 19.1. The summed E-state index contributed by atoms with van der Waals surface area (Å²) in [6, 6.07) is 4.57. The number of nitrogens with zero attached hydrogens (tertiary/aromatic N) is 2. The molecule has 1 heterocycles. The van der Waals surface area contributed by atoms with E-state index < -0.39 is 23.0 Å². The van der Waals surface area contributed by atoms with Gasteiger partial charge in [-0.25, -0.2) is 9.18 Å². The number of benzene rings is 1. The second-order valence-corrected chi connectivity index (χ2v) is 6.41. The van der Waals surface area contributed by atoms with Gasteiger partial charge in [0.2, 0.25) is 0 Å². The molecule has 9 heteroatoms. The molecule has 1 aromatic carbocycles. The lowest BCUT2D eigenvalue weighted by molar-refractivity contribution is 0.0526. The summed E-state index contributed by atoms with van der Waals surface area (Å²) in [5.74, 6) is -0.719. The van der Waals surface area contributed by atoms with E-state index in [0.717, 1.165) is 0 Å². The number of rotatable bonds is 8.